The molecule has 0 saturated carbocycles. The Hall–Kier alpha value is -3.93. The van der Waals surface area contributed by atoms with Crippen LogP contribution >= 0.6 is 0 Å². The van der Waals surface area contributed by atoms with Crippen LogP contribution in [0, 0.1) is 5.21 Å². The molecule has 1 heterocycles. The lowest BCUT2D eigenvalue weighted by molar-refractivity contribution is -0.421. The van der Waals surface area contributed by atoms with Crippen LogP contribution in [0.3, 0.4) is 0 Å². The van der Waals surface area contributed by atoms with E-state index in [0.29, 0.717) is 30.1 Å². The van der Waals surface area contributed by atoms with E-state index < -0.39 is 0 Å². The molecular weight excluding hydrogens is 438 g/mol. The molecule has 0 unspecified atom stereocenters. The molecule has 0 spiro atoms. The Morgan fingerprint density at radius 1 is 1.09 bits per heavy atom. The highest BCUT2D eigenvalue weighted by Gasteiger charge is 2.38. The second-order valence-electron chi connectivity index (χ2n) is 8.91. The fourth-order valence-corrected chi connectivity index (χ4v) is 4.29. The molecule has 1 amide bonds. The number of hydrogen-bond acceptors (Lipinski definition) is 4. The lowest BCUT2D eigenvalue weighted by atomic mass is 9.97. The maximum absolute atomic E-state index is 13.3. The maximum Gasteiger partial charge on any atom is 0.258 e. The number of carbonyl (C=O) groups excluding carboxylic acids is 1. The monoisotopic (exact) mass is 469 g/mol. The minimum absolute atomic E-state index is 0.0622. The Labute approximate surface area is 206 Å². The number of ether oxygens (including phenoxy) is 1. The fraction of sp³-hybridized carbons (Fsp3) is 0.276. The van der Waals surface area contributed by atoms with E-state index in [-0.39, 0.29) is 11.9 Å². The van der Waals surface area contributed by atoms with Gasteiger partial charge in [-0.3, -0.25) is 9.78 Å². The van der Waals surface area contributed by atoms with E-state index in [9.17, 15) is 10.0 Å². The van der Waals surface area contributed by atoms with Gasteiger partial charge in [0.05, 0.1) is 12.2 Å². The van der Waals surface area contributed by atoms with Crippen LogP contribution in [0.2, 0.25) is 0 Å². The van der Waals surface area contributed by atoms with Crippen molar-refractivity contribution in [2.45, 2.75) is 39.7 Å². The van der Waals surface area contributed by atoms with Gasteiger partial charge in [0, 0.05) is 35.5 Å². The van der Waals surface area contributed by atoms with E-state index in [1.165, 1.54) is 12.6 Å². The summed E-state index contributed by atoms with van der Waals surface area (Å²) in [5, 5.41) is 15.6. The van der Waals surface area contributed by atoms with Crippen LogP contribution in [-0.2, 0) is 17.6 Å². The van der Waals surface area contributed by atoms with Crippen molar-refractivity contribution in [2.75, 3.05) is 13.7 Å². The van der Waals surface area contributed by atoms with Crippen molar-refractivity contribution < 1.29 is 14.3 Å². The average Bonchev–Trinajstić information content (AvgIpc) is 3.19. The molecular formula is C29H31N3O3. The van der Waals surface area contributed by atoms with Gasteiger partial charge in [0.15, 0.2) is 0 Å². The zero-order valence-corrected chi connectivity index (χ0v) is 20.7. The highest BCUT2D eigenvalue weighted by Crippen LogP contribution is 2.39. The standard InChI is InChI=1S/C29H31N3O3/c1-5-20-11-12-22(30-18-20)15-16-35-23-13-14-24-25(17-23)26(21-9-7-6-8-10-21)27(28(24)32(4)34)29(33)31-19(2)3/h6-14,17-19H,5,15-16H2,1-4H3,(H,31,33)/b32-28+. The molecule has 1 aromatic heterocycles. The minimum Gasteiger partial charge on any atom is -0.624 e. The topological polar surface area (TPSA) is 77.3 Å². The molecule has 0 bridgehead atoms. The van der Waals surface area contributed by atoms with E-state index in [1.54, 1.807) is 0 Å². The maximum atomic E-state index is 13.3. The van der Waals surface area contributed by atoms with Crippen molar-refractivity contribution in [3.05, 3.63) is 106 Å². The summed E-state index contributed by atoms with van der Waals surface area (Å²) in [6.07, 6.45) is 3.55. The van der Waals surface area contributed by atoms with Crippen molar-refractivity contribution in [1.82, 2.24) is 10.3 Å². The molecule has 35 heavy (non-hydrogen) atoms. The van der Waals surface area contributed by atoms with Crippen LogP contribution in [0.15, 0.2) is 72.4 Å². The lowest BCUT2D eigenvalue weighted by Crippen LogP contribution is -2.34. The Balaban J connectivity index is 1.69. The van der Waals surface area contributed by atoms with Gasteiger partial charge in [-0.1, -0.05) is 43.3 Å². The highest BCUT2D eigenvalue weighted by molar-refractivity contribution is 6.36. The third-order valence-electron chi connectivity index (χ3n) is 5.95. The van der Waals surface area contributed by atoms with Crippen molar-refractivity contribution in [3.8, 4) is 5.75 Å². The van der Waals surface area contributed by atoms with Gasteiger partial charge in [-0.2, -0.15) is 0 Å². The molecule has 4 rings (SSSR count). The van der Waals surface area contributed by atoms with Gasteiger partial charge >= 0.3 is 0 Å². The zero-order chi connectivity index (χ0) is 24.9. The van der Waals surface area contributed by atoms with E-state index in [2.05, 4.69) is 23.3 Å². The Bertz CT molecular complexity index is 1270. The summed E-state index contributed by atoms with van der Waals surface area (Å²) in [6.45, 7) is 6.39. The van der Waals surface area contributed by atoms with Crippen molar-refractivity contribution in [1.29, 1.82) is 0 Å². The molecule has 0 aliphatic heterocycles. The number of nitrogens with zero attached hydrogens (tertiary/aromatic N) is 2. The first-order chi connectivity index (χ1) is 16.9. The summed E-state index contributed by atoms with van der Waals surface area (Å²) in [4.78, 5) is 17.8. The van der Waals surface area contributed by atoms with Crippen LogP contribution in [-0.4, -0.2) is 41.0 Å². The van der Waals surface area contributed by atoms with Crippen LogP contribution in [0.1, 0.15) is 48.7 Å². The van der Waals surface area contributed by atoms with E-state index in [0.717, 1.165) is 39.1 Å². The Morgan fingerprint density at radius 2 is 1.86 bits per heavy atom. The molecule has 0 saturated heterocycles. The van der Waals surface area contributed by atoms with Crippen molar-refractivity contribution in [3.63, 3.8) is 0 Å². The summed E-state index contributed by atoms with van der Waals surface area (Å²) in [6, 6.07) is 19.4. The van der Waals surface area contributed by atoms with Crippen LogP contribution in [0.25, 0.3) is 5.57 Å². The van der Waals surface area contributed by atoms with Gasteiger partial charge in [0.2, 0.25) is 5.71 Å². The predicted octanol–water partition coefficient (Wildman–Crippen LogP) is 4.53. The minimum atomic E-state index is -0.267. The first-order valence-corrected chi connectivity index (χ1v) is 12.0. The third-order valence-corrected chi connectivity index (χ3v) is 5.95. The van der Waals surface area contributed by atoms with Gasteiger partial charge < -0.3 is 15.3 Å². The first-order valence-electron chi connectivity index (χ1n) is 12.0. The molecule has 1 N–H and O–H groups in total. The number of benzene rings is 2. The zero-order valence-electron chi connectivity index (χ0n) is 20.7. The molecule has 1 aliphatic carbocycles. The third kappa shape index (κ3) is 5.27. The highest BCUT2D eigenvalue weighted by atomic mass is 16.5. The van der Waals surface area contributed by atoms with Gasteiger partial charge in [0.1, 0.15) is 18.4 Å². The number of fused-ring (bicyclic) bond motifs is 1. The number of carbonyl (C=O) groups is 1. The molecule has 6 nitrogen and oxygen atoms in total. The number of amides is 1. The van der Waals surface area contributed by atoms with Crippen molar-refractivity contribution in [2.24, 2.45) is 0 Å². The SMILES string of the molecule is CCc1ccc(CCOc2ccc3c(c2)C(c2ccccc2)=C(C(=O)NC(C)C)/C3=[N+](\C)[O-])nc1. The van der Waals surface area contributed by atoms with E-state index in [4.69, 9.17) is 4.74 Å². The number of nitrogens with one attached hydrogen (secondary N) is 1. The van der Waals surface area contributed by atoms with E-state index >= 15 is 0 Å². The predicted molar refractivity (Wildman–Crippen MR) is 139 cm³/mol. The molecule has 1 aliphatic rings. The number of hydrogen-bond donors (Lipinski definition) is 1. The number of aryl methyl sites for hydroxylation is 1. The molecule has 0 atom stereocenters. The number of hydroxylamine groups is 1. The molecule has 0 radical (unpaired) electrons. The smallest absolute Gasteiger partial charge is 0.258 e. The van der Waals surface area contributed by atoms with Gasteiger partial charge in [-0.15, -0.1) is 0 Å². The van der Waals surface area contributed by atoms with Gasteiger partial charge in [-0.25, -0.2) is 4.74 Å². The van der Waals surface area contributed by atoms with Crippen LogP contribution in [0.4, 0.5) is 0 Å². The summed E-state index contributed by atoms with van der Waals surface area (Å²) in [7, 11) is 1.43. The molecule has 6 heteroatoms. The first kappa shape index (κ1) is 24.2. The lowest BCUT2D eigenvalue weighted by Gasteiger charge is -2.12. The van der Waals surface area contributed by atoms with Gasteiger partial charge in [-0.05, 0) is 55.7 Å². The van der Waals surface area contributed by atoms with E-state index in [1.807, 2.05) is 74.6 Å². The summed E-state index contributed by atoms with van der Waals surface area (Å²) in [5.74, 6) is 0.414. The Morgan fingerprint density at radius 3 is 2.49 bits per heavy atom. The number of aromatic nitrogens is 1. The quantitative estimate of drug-likeness (QED) is 0.299. The van der Waals surface area contributed by atoms with Crippen LogP contribution in [0.5, 0.6) is 5.75 Å². The second-order valence-corrected chi connectivity index (χ2v) is 8.91. The summed E-state index contributed by atoms with van der Waals surface area (Å²) < 4.78 is 6.84. The average molecular weight is 470 g/mol. The number of rotatable bonds is 8. The molecule has 0 fully saturated rings. The second kappa shape index (κ2) is 10.6. The fourth-order valence-electron chi connectivity index (χ4n) is 4.29. The van der Waals surface area contributed by atoms with Gasteiger partial charge in [0.25, 0.3) is 5.91 Å². The number of pyridine rings is 1. The molecule has 2 aromatic carbocycles. The molecule has 3 aromatic rings. The summed E-state index contributed by atoms with van der Waals surface area (Å²) in [5.41, 5.74) is 6.07. The largest absolute Gasteiger partial charge is 0.624 e. The van der Waals surface area contributed by atoms with Crippen LogP contribution < -0.4 is 10.1 Å². The van der Waals surface area contributed by atoms with Crippen molar-refractivity contribution >= 4 is 17.2 Å². The normalized spacial score (nSPS) is 14.2. The Kier molecular flexibility index (Phi) is 7.30. The molecule has 180 valence electrons. The summed E-state index contributed by atoms with van der Waals surface area (Å²) >= 11 is 0.